The second-order valence-electron chi connectivity index (χ2n) is 5.84. The number of nitrogens with zero attached hydrogens (tertiary/aromatic N) is 4. The van der Waals surface area contributed by atoms with Crippen LogP contribution in [0.25, 0.3) is 0 Å². The lowest BCUT2D eigenvalue weighted by molar-refractivity contribution is 0.0778. The molecule has 110 valence electrons. The average Bonchev–Trinajstić information content (AvgIpc) is 2.88. The van der Waals surface area contributed by atoms with Gasteiger partial charge in [0.2, 0.25) is 0 Å². The topological polar surface area (TPSA) is 75.3 Å². The lowest BCUT2D eigenvalue weighted by Gasteiger charge is -2.20. The molecule has 1 amide bonds. The van der Waals surface area contributed by atoms with Gasteiger partial charge in [0.1, 0.15) is 5.82 Å². The number of amides is 1. The van der Waals surface area contributed by atoms with Gasteiger partial charge in [0.15, 0.2) is 5.69 Å². The first-order valence-corrected chi connectivity index (χ1v) is 6.98. The standard InChI is InChI=1S/C14H23N5O/c1-9(2)13-16-7-11(15)12(17-13)14(20)19-6-5-10(8-19)18(3)4/h7,9-10H,5-6,8,15H2,1-4H3. The van der Waals surface area contributed by atoms with E-state index in [1.807, 2.05) is 32.8 Å². The van der Waals surface area contributed by atoms with Gasteiger partial charge in [0.25, 0.3) is 5.91 Å². The maximum atomic E-state index is 12.5. The minimum Gasteiger partial charge on any atom is -0.396 e. The quantitative estimate of drug-likeness (QED) is 0.890. The SMILES string of the molecule is CC(C)c1ncc(N)c(C(=O)N2CCC(N(C)C)C2)n1. The predicted molar refractivity (Wildman–Crippen MR) is 78.5 cm³/mol. The molecule has 0 radical (unpaired) electrons. The molecule has 2 heterocycles. The molecule has 6 nitrogen and oxygen atoms in total. The van der Waals surface area contributed by atoms with Crippen LogP contribution in [0.2, 0.25) is 0 Å². The molecule has 1 saturated heterocycles. The average molecular weight is 277 g/mol. The van der Waals surface area contributed by atoms with Crippen LogP contribution in [0.15, 0.2) is 6.20 Å². The highest BCUT2D eigenvalue weighted by atomic mass is 16.2. The van der Waals surface area contributed by atoms with Crippen LogP contribution in [0, 0.1) is 0 Å². The third-order valence-corrected chi connectivity index (χ3v) is 3.74. The lowest BCUT2D eigenvalue weighted by Crippen LogP contribution is -2.35. The minimum atomic E-state index is -0.0869. The van der Waals surface area contributed by atoms with Gasteiger partial charge in [0, 0.05) is 25.0 Å². The van der Waals surface area contributed by atoms with Gasteiger partial charge < -0.3 is 15.5 Å². The molecular formula is C14H23N5O. The van der Waals surface area contributed by atoms with Crippen molar-refractivity contribution in [3.8, 4) is 0 Å². The summed E-state index contributed by atoms with van der Waals surface area (Å²) in [5, 5.41) is 0. The van der Waals surface area contributed by atoms with E-state index in [2.05, 4.69) is 14.9 Å². The summed E-state index contributed by atoms with van der Waals surface area (Å²) >= 11 is 0. The summed E-state index contributed by atoms with van der Waals surface area (Å²) in [6, 6.07) is 0.409. The van der Waals surface area contributed by atoms with Crippen molar-refractivity contribution in [3.63, 3.8) is 0 Å². The van der Waals surface area contributed by atoms with E-state index in [1.165, 1.54) is 6.20 Å². The van der Waals surface area contributed by atoms with Crippen molar-refractivity contribution in [2.24, 2.45) is 0 Å². The number of likely N-dealkylation sites (tertiary alicyclic amines) is 1. The fourth-order valence-corrected chi connectivity index (χ4v) is 2.35. The molecule has 2 rings (SSSR count). The van der Waals surface area contributed by atoms with Crippen molar-refractivity contribution in [2.45, 2.75) is 32.2 Å². The van der Waals surface area contributed by atoms with Gasteiger partial charge in [0.05, 0.1) is 11.9 Å². The molecule has 2 N–H and O–H groups in total. The van der Waals surface area contributed by atoms with Gasteiger partial charge >= 0.3 is 0 Å². The van der Waals surface area contributed by atoms with Gasteiger partial charge in [-0.3, -0.25) is 4.79 Å². The zero-order valence-electron chi connectivity index (χ0n) is 12.6. The summed E-state index contributed by atoms with van der Waals surface area (Å²) < 4.78 is 0. The molecule has 1 fully saturated rings. The second kappa shape index (κ2) is 5.75. The number of rotatable bonds is 3. The molecule has 1 aromatic rings. The molecule has 0 aromatic carbocycles. The van der Waals surface area contributed by atoms with Crippen LogP contribution in [-0.4, -0.2) is 58.9 Å². The Morgan fingerprint density at radius 3 is 2.75 bits per heavy atom. The number of nitrogen functional groups attached to an aromatic ring is 1. The summed E-state index contributed by atoms with van der Waals surface area (Å²) in [7, 11) is 4.07. The summed E-state index contributed by atoms with van der Waals surface area (Å²) in [6.45, 7) is 5.48. The van der Waals surface area contributed by atoms with E-state index in [0.717, 1.165) is 19.5 Å². The van der Waals surface area contributed by atoms with Crippen LogP contribution >= 0.6 is 0 Å². The van der Waals surface area contributed by atoms with E-state index in [1.54, 1.807) is 0 Å². The highest BCUT2D eigenvalue weighted by Gasteiger charge is 2.30. The van der Waals surface area contributed by atoms with E-state index >= 15 is 0 Å². The molecule has 6 heteroatoms. The van der Waals surface area contributed by atoms with Crippen LogP contribution in [-0.2, 0) is 0 Å². The fraction of sp³-hybridized carbons (Fsp3) is 0.643. The Hall–Kier alpha value is -1.69. The normalized spacial score (nSPS) is 19.1. The lowest BCUT2D eigenvalue weighted by atomic mass is 10.2. The van der Waals surface area contributed by atoms with Crippen LogP contribution < -0.4 is 5.73 Å². The largest absolute Gasteiger partial charge is 0.396 e. The first-order valence-electron chi connectivity index (χ1n) is 6.98. The number of likely N-dealkylation sites (N-methyl/N-ethyl adjacent to an activating group) is 1. The van der Waals surface area contributed by atoms with Crippen molar-refractivity contribution in [2.75, 3.05) is 32.9 Å². The van der Waals surface area contributed by atoms with E-state index in [0.29, 0.717) is 23.2 Å². The number of hydrogen-bond acceptors (Lipinski definition) is 5. The van der Waals surface area contributed by atoms with E-state index in [-0.39, 0.29) is 11.8 Å². The molecule has 1 aromatic heterocycles. The molecule has 1 atom stereocenters. The van der Waals surface area contributed by atoms with Gasteiger partial charge in [-0.25, -0.2) is 9.97 Å². The molecule has 1 unspecified atom stereocenters. The Labute approximate surface area is 120 Å². The second-order valence-corrected chi connectivity index (χ2v) is 5.84. The van der Waals surface area contributed by atoms with Gasteiger partial charge in [-0.05, 0) is 20.5 Å². The van der Waals surface area contributed by atoms with Crippen LogP contribution in [0.4, 0.5) is 5.69 Å². The number of hydrogen-bond donors (Lipinski definition) is 1. The molecule has 0 aliphatic carbocycles. The first kappa shape index (κ1) is 14.7. The molecule has 1 aliphatic rings. The van der Waals surface area contributed by atoms with E-state index in [4.69, 9.17) is 5.73 Å². The Kier molecular flexibility index (Phi) is 4.23. The predicted octanol–water partition coefficient (Wildman–Crippen LogP) is 0.958. The molecular weight excluding hydrogens is 254 g/mol. The summed E-state index contributed by atoms with van der Waals surface area (Å²) in [6.07, 6.45) is 2.52. The highest BCUT2D eigenvalue weighted by Crippen LogP contribution is 2.19. The Morgan fingerprint density at radius 2 is 2.20 bits per heavy atom. The van der Waals surface area contributed by atoms with Crippen molar-refractivity contribution < 1.29 is 4.79 Å². The van der Waals surface area contributed by atoms with Crippen LogP contribution in [0.1, 0.15) is 42.5 Å². The first-order chi connectivity index (χ1) is 9.40. The summed E-state index contributed by atoms with van der Waals surface area (Å²) in [4.78, 5) is 25.0. The maximum absolute atomic E-state index is 12.5. The molecule has 1 aliphatic heterocycles. The number of carbonyl (C=O) groups is 1. The van der Waals surface area contributed by atoms with Gasteiger partial charge in [-0.15, -0.1) is 0 Å². The fourth-order valence-electron chi connectivity index (χ4n) is 2.35. The number of aromatic nitrogens is 2. The van der Waals surface area contributed by atoms with Crippen molar-refractivity contribution in [1.29, 1.82) is 0 Å². The van der Waals surface area contributed by atoms with Crippen molar-refractivity contribution in [1.82, 2.24) is 19.8 Å². The highest BCUT2D eigenvalue weighted by molar-refractivity contribution is 5.97. The number of nitrogens with two attached hydrogens (primary N) is 1. The van der Waals surface area contributed by atoms with Crippen molar-refractivity contribution >= 4 is 11.6 Å². The minimum absolute atomic E-state index is 0.0869. The number of carbonyl (C=O) groups excluding carboxylic acids is 1. The maximum Gasteiger partial charge on any atom is 0.274 e. The Morgan fingerprint density at radius 1 is 1.50 bits per heavy atom. The zero-order valence-corrected chi connectivity index (χ0v) is 12.6. The van der Waals surface area contributed by atoms with Crippen LogP contribution in [0.5, 0.6) is 0 Å². The molecule has 0 bridgehead atoms. The van der Waals surface area contributed by atoms with E-state index < -0.39 is 0 Å². The third kappa shape index (κ3) is 2.90. The molecule has 0 saturated carbocycles. The number of anilines is 1. The van der Waals surface area contributed by atoms with E-state index in [9.17, 15) is 4.79 Å². The summed E-state index contributed by atoms with van der Waals surface area (Å²) in [5.41, 5.74) is 6.56. The molecule has 20 heavy (non-hydrogen) atoms. The van der Waals surface area contributed by atoms with Gasteiger partial charge in [-0.2, -0.15) is 0 Å². The molecule has 0 spiro atoms. The smallest absolute Gasteiger partial charge is 0.274 e. The zero-order chi connectivity index (χ0) is 14.9. The Bertz CT molecular complexity index is 500. The third-order valence-electron chi connectivity index (χ3n) is 3.74. The summed E-state index contributed by atoms with van der Waals surface area (Å²) in [5.74, 6) is 0.748. The van der Waals surface area contributed by atoms with Crippen molar-refractivity contribution in [3.05, 3.63) is 17.7 Å². The van der Waals surface area contributed by atoms with Crippen LogP contribution in [0.3, 0.4) is 0 Å². The Balaban J connectivity index is 2.19. The monoisotopic (exact) mass is 277 g/mol. The van der Waals surface area contributed by atoms with Gasteiger partial charge in [-0.1, -0.05) is 13.8 Å².